The molecule has 0 saturated heterocycles. The van der Waals surface area contributed by atoms with Crippen LogP contribution in [0, 0.1) is 0 Å². The fourth-order valence-electron chi connectivity index (χ4n) is 2.54. The predicted molar refractivity (Wildman–Crippen MR) is 99.2 cm³/mol. The van der Waals surface area contributed by atoms with Crippen LogP contribution in [0.15, 0.2) is 82.5 Å². The van der Waals surface area contributed by atoms with Gasteiger partial charge in [0, 0.05) is 17.8 Å². The van der Waals surface area contributed by atoms with E-state index in [1.54, 1.807) is 0 Å². The van der Waals surface area contributed by atoms with E-state index in [1.807, 2.05) is 60.7 Å². The van der Waals surface area contributed by atoms with Gasteiger partial charge in [0.25, 0.3) is 5.56 Å². The molecule has 4 aromatic rings. The van der Waals surface area contributed by atoms with Crippen molar-refractivity contribution in [3.8, 4) is 26.8 Å². The quantitative estimate of drug-likeness (QED) is 0.618. The minimum absolute atomic E-state index is 0.430. The molecule has 0 amide bonds. The molecule has 0 aliphatic carbocycles. The summed E-state index contributed by atoms with van der Waals surface area (Å²) in [6.45, 7) is 0. The van der Waals surface area contributed by atoms with Crippen LogP contribution in [0.25, 0.3) is 26.8 Å². The highest BCUT2D eigenvalue weighted by molar-refractivity contribution is 7.18. The first kappa shape index (κ1) is 15.3. The van der Waals surface area contributed by atoms with E-state index < -0.39 is 11.2 Å². The molecule has 25 heavy (non-hydrogen) atoms. The van der Waals surface area contributed by atoms with Gasteiger partial charge in [-0.05, 0) is 5.56 Å². The van der Waals surface area contributed by atoms with Crippen molar-refractivity contribution < 1.29 is 0 Å². The summed E-state index contributed by atoms with van der Waals surface area (Å²) in [5, 5.41) is 0.813. The van der Waals surface area contributed by atoms with Gasteiger partial charge in [0.05, 0.1) is 4.88 Å². The molecule has 4 rings (SSSR count). The monoisotopic (exact) mass is 347 g/mol. The molecule has 2 aromatic carbocycles. The van der Waals surface area contributed by atoms with Gasteiger partial charge in [0.15, 0.2) is 5.82 Å². The molecule has 2 aromatic heterocycles. The Morgan fingerprint density at radius 3 is 2.12 bits per heavy atom. The molecule has 0 unspecified atom stereocenters. The lowest BCUT2D eigenvalue weighted by atomic mass is 10.2. The highest BCUT2D eigenvalue weighted by Gasteiger charge is 2.16. The maximum Gasteiger partial charge on any atom is 0.334 e. The van der Waals surface area contributed by atoms with Gasteiger partial charge in [-0.25, -0.2) is 9.78 Å². The Hall–Kier alpha value is -3.25. The van der Waals surface area contributed by atoms with Gasteiger partial charge in [-0.3, -0.25) is 14.3 Å². The molecule has 2 heterocycles. The Morgan fingerprint density at radius 2 is 1.48 bits per heavy atom. The van der Waals surface area contributed by atoms with Gasteiger partial charge in [-0.15, -0.1) is 11.3 Å². The molecule has 0 spiro atoms. The van der Waals surface area contributed by atoms with Crippen LogP contribution >= 0.6 is 11.3 Å². The number of benzene rings is 2. The number of H-pyrrole nitrogens is 1. The molecule has 0 bridgehead atoms. The molecule has 0 saturated carbocycles. The molecule has 0 radical (unpaired) electrons. The highest BCUT2D eigenvalue weighted by atomic mass is 32.1. The zero-order valence-corrected chi connectivity index (χ0v) is 13.9. The van der Waals surface area contributed by atoms with Gasteiger partial charge < -0.3 is 0 Å². The van der Waals surface area contributed by atoms with Crippen LogP contribution in [0.3, 0.4) is 0 Å². The Bertz CT molecular complexity index is 1130. The first-order chi connectivity index (χ1) is 12.2. The first-order valence-corrected chi connectivity index (χ1v) is 8.48. The molecule has 6 heteroatoms. The summed E-state index contributed by atoms with van der Waals surface area (Å²) in [6.07, 6.45) is 1.46. The number of hydrogen-bond donors (Lipinski definition) is 1. The molecule has 122 valence electrons. The summed E-state index contributed by atoms with van der Waals surface area (Å²) in [6, 6.07) is 20.9. The van der Waals surface area contributed by atoms with Crippen LogP contribution in [0.1, 0.15) is 0 Å². The second-order valence-corrected chi connectivity index (χ2v) is 6.38. The van der Waals surface area contributed by atoms with Crippen molar-refractivity contribution in [3.05, 3.63) is 93.8 Å². The number of aromatic nitrogens is 3. The number of nitrogens with zero attached hydrogens (tertiary/aromatic N) is 2. The van der Waals surface area contributed by atoms with Gasteiger partial charge in [0.1, 0.15) is 5.01 Å². The number of hydrogen-bond acceptors (Lipinski definition) is 4. The molecular weight excluding hydrogens is 334 g/mol. The van der Waals surface area contributed by atoms with E-state index in [9.17, 15) is 9.59 Å². The van der Waals surface area contributed by atoms with Crippen molar-refractivity contribution in [1.82, 2.24) is 14.5 Å². The average molecular weight is 347 g/mol. The van der Waals surface area contributed by atoms with Crippen LogP contribution in [0.5, 0.6) is 0 Å². The van der Waals surface area contributed by atoms with E-state index in [1.165, 1.54) is 28.2 Å². The largest absolute Gasteiger partial charge is 0.334 e. The van der Waals surface area contributed by atoms with E-state index in [4.69, 9.17) is 0 Å². The Labute approximate surface area is 146 Å². The minimum Gasteiger partial charge on any atom is -0.274 e. The van der Waals surface area contributed by atoms with E-state index in [0.717, 1.165) is 21.0 Å². The lowest BCUT2D eigenvalue weighted by Crippen LogP contribution is -2.27. The summed E-state index contributed by atoms with van der Waals surface area (Å²) in [5.41, 5.74) is 1.01. The maximum atomic E-state index is 12.2. The SMILES string of the molecule is O=c1ccn(-c2nc(-c3ccccc3)sc2-c2ccccc2)c(=O)[nH]1. The fraction of sp³-hybridized carbons (Fsp3) is 0. The standard InChI is InChI=1S/C19H13N3O2S/c23-15-11-12-22(19(24)20-15)17-16(13-7-3-1-4-8-13)25-18(21-17)14-9-5-2-6-10-14/h1-12H,(H,20,23,24). The van der Waals surface area contributed by atoms with Crippen LogP contribution in [-0.4, -0.2) is 14.5 Å². The molecule has 0 atom stereocenters. The molecule has 5 nitrogen and oxygen atoms in total. The number of nitrogens with one attached hydrogen (secondary N) is 1. The molecular formula is C19H13N3O2S. The molecule has 0 fully saturated rings. The summed E-state index contributed by atoms with van der Waals surface area (Å²) < 4.78 is 1.37. The van der Waals surface area contributed by atoms with E-state index in [0.29, 0.717) is 5.82 Å². The Morgan fingerprint density at radius 1 is 0.840 bits per heavy atom. The summed E-state index contributed by atoms with van der Waals surface area (Å²) in [7, 11) is 0. The van der Waals surface area contributed by atoms with Crippen molar-refractivity contribution in [2.24, 2.45) is 0 Å². The highest BCUT2D eigenvalue weighted by Crippen LogP contribution is 2.36. The van der Waals surface area contributed by atoms with Crippen molar-refractivity contribution in [2.75, 3.05) is 0 Å². The Balaban J connectivity index is 1.97. The van der Waals surface area contributed by atoms with Crippen molar-refractivity contribution >= 4 is 11.3 Å². The maximum absolute atomic E-state index is 12.2. The lowest BCUT2D eigenvalue weighted by Gasteiger charge is -2.04. The van der Waals surface area contributed by atoms with Crippen molar-refractivity contribution in [1.29, 1.82) is 0 Å². The molecule has 0 aliphatic rings. The second kappa shape index (κ2) is 6.33. The third kappa shape index (κ3) is 2.95. The zero-order chi connectivity index (χ0) is 17.2. The second-order valence-electron chi connectivity index (χ2n) is 5.38. The van der Waals surface area contributed by atoms with Gasteiger partial charge in [-0.1, -0.05) is 60.7 Å². The topological polar surface area (TPSA) is 67.8 Å². The van der Waals surface area contributed by atoms with Crippen LogP contribution in [-0.2, 0) is 0 Å². The van der Waals surface area contributed by atoms with Crippen LogP contribution in [0.2, 0.25) is 0 Å². The predicted octanol–water partition coefficient (Wildman–Crippen LogP) is 3.32. The smallest absolute Gasteiger partial charge is 0.274 e. The van der Waals surface area contributed by atoms with E-state index >= 15 is 0 Å². The summed E-state index contributed by atoms with van der Waals surface area (Å²) in [4.78, 5) is 31.4. The molecule has 1 N–H and O–H groups in total. The third-order valence-corrected chi connectivity index (χ3v) is 4.86. The van der Waals surface area contributed by atoms with E-state index in [2.05, 4.69) is 9.97 Å². The van der Waals surface area contributed by atoms with E-state index in [-0.39, 0.29) is 0 Å². The van der Waals surface area contributed by atoms with Gasteiger partial charge in [0.2, 0.25) is 0 Å². The molecule has 0 aliphatic heterocycles. The number of thiazole rings is 1. The summed E-state index contributed by atoms with van der Waals surface area (Å²) in [5.74, 6) is 0.510. The lowest BCUT2D eigenvalue weighted by molar-refractivity contribution is 0.876. The van der Waals surface area contributed by atoms with Gasteiger partial charge >= 0.3 is 5.69 Å². The van der Waals surface area contributed by atoms with Crippen LogP contribution in [0.4, 0.5) is 0 Å². The zero-order valence-electron chi connectivity index (χ0n) is 13.0. The Kier molecular flexibility index (Phi) is 3.87. The minimum atomic E-state index is -0.505. The fourth-order valence-corrected chi connectivity index (χ4v) is 3.61. The van der Waals surface area contributed by atoms with Crippen molar-refractivity contribution in [3.63, 3.8) is 0 Å². The first-order valence-electron chi connectivity index (χ1n) is 7.66. The normalized spacial score (nSPS) is 10.7. The number of rotatable bonds is 3. The van der Waals surface area contributed by atoms with Crippen molar-refractivity contribution in [2.45, 2.75) is 0 Å². The number of aromatic amines is 1. The van der Waals surface area contributed by atoms with Gasteiger partial charge in [-0.2, -0.15) is 0 Å². The average Bonchev–Trinajstić information content (AvgIpc) is 3.08. The van der Waals surface area contributed by atoms with Crippen LogP contribution < -0.4 is 11.2 Å². The third-order valence-electron chi connectivity index (χ3n) is 3.72. The summed E-state index contributed by atoms with van der Waals surface area (Å²) >= 11 is 1.51.